The van der Waals surface area contributed by atoms with Crippen LogP contribution < -0.4 is 9.64 Å². The minimum absolute atomic E-state index is 0.127. The molecule has 2 aromatic carbocycles. The molecule has 0 aromatic heterocycles. The van der Waals surface area contributed by atoms with Crippen LogP contribution in [0.15, 0.2) is 48.5 Å². The molecule has 1 aliphatic heterocycles. The van der Waals surface area contributed by atoms with Gasteiger partial charge in [-0.1, -0.05) is 30.3 Å². The summed E-state index contributed by atoms with van der Waals surface area (Å²) >= 11 is 0. The average molecular weight is 281 g/mol. The number of carbonyl (C=O) groups is 1. The Morgan fingerprint density at radius 1 is 1.19 bits per heavy atom. The second-order valence-electron chi connectivity index (χ2n) is 5.19. The molecule has 3 heteroatoms. The summed E-state index contributed by atoms with van der Waals surface area (Å²) in [4.78, 5) is 14.4. The van der Waals surface area contributed by atoms with E-state index in [-0.39, 0.29) is 5.91 Å². The number of ether oxygens (including phenoxy) is 1. The Morgan fingerprint density at radius 2 is 2.00 bits per heavy atom. The Kier molecular flexibility index (Phi) is 3.91. The number of fused-ring (bicyclic) bond motifs is 1. The van der Waals surface area contributed by atoms with Crippen molar-refractivity contribution in [1.29, 1.82) is 0 Å². The van der Waals surface area contributed by atoms with Gasteiger partial charge in [0.15, 0.2) is 0 Å². The molecule has 0 unspecified atom stereocenters. The van der Waals surface area contributed by atoms with Gasteiger partial charge in [-0.25, -0.2) is 0 Å². The lowest BCUT2D eigenvalue weighted by Gasteiger charge is -2.21. The van der Waals surface area contributed by atoms with Gasteiger partial charge in [0.05, 0.1) is 13.0 Å². The van der Waals surface area contributed by atoms with Crippen molar-refractivity contribution in [3.63, 3.8) is 0 Å². The summed E-state index contributed by atoms with van der Waals surface area (Å²) in [6, 6.07) is 15.9. The van der Waals surface area contributed by atoms with Crippen LogP contribution in [0, 0.1) is 0 Å². The maximum atomic E-state index is 12.5. The Bertz CT molecular complexity index is 637. The minimum atomic E-state index is 0.127. The summed E-state index contributed by atoms with van der Waals surface area (Å²) in [6.45, 7) is 3.43. The first-order valence-corrected chi connectivity index (χ1v) is 7.38. The molecular formula is C18H19NO2. The lowest BCUT2D eigenvalue weighted by atomic mass is 10.1. The van der Waals surface area contributed by atoms with Crippen LogP contribution in [-0.4, -0.2) is 19.1 Å². The van der Waals surface area contributed by atoms with Gasteiger partial charge < -0.3 is 9.64 Å². The van der Waals surface area contributed by atoms with Crippen molar-refractivity contribution in [3.05, 3.63) is 59.7 Å². The molecule has 1 aliphatic rings. The van der Waals surface area contributed by atoms with Crippen molar-refractivity contribution >= 4 is 11.6 Å². The third-order valence-electron chi connectivity index (χ3n) is 3.79. The highest BCUT2D eigenvalue weighted by Gasteiger charge is 2.17. The summed E-state index contributed by atoms with van der Waals surface area (Å²) in [5, 5.41) is 0. The fourth-order valence-electron chi connectivity index (χ4n) is 2.73. The summed E-state index contributed by atoms with van der Waals surface area (Å²) in [5.41, 5.74) is 3.22. The van der Waals surface area contributed by atoms with Crippen molar-refractivity contribution in [2.75, 3.05) is 18.1 Å². The molecule has 0 saturated carbocycles. The van der Waals surface area contributed by atoms with E-state index in [9.17, 15) is 4.79 Å². The third kappa shape index (κ3) is 2.92. The van der Waals surface area contributed by atoms with Crippen LogP contribution in [0.5, 0.6) is 5.75 Å². The molecule has 0 aliphatic carbocycles. The van der Waals surface area contributed by atoms with E-state index in [2.05, 4.69) is 6.07 Å². The van der Waals surface area contributed by atoms with Crippen molar-refractivity contribution in [1.82, 2.24) is 0 Å². The van der Waals surface area contributed by atoms with Gasteiger partial charge in [-0.15, -0.1) is 0 Å². The molecule has 0 fully saturated rings. The maximum Gasteiger partial charge on any atom is 0.231 e. The summed E-state index contributed by atoms with van der Waals surface area (Å²) in [7, 11) is 0. The largest absolute Gasteiger partial charge is 0.493 e. The zero-order chi connectivity index (χ0) is 14.7. The highest BCUT2D eigenvalue weighted by Crippen LogP contribution is 2.26. The number of hydrogen-bond donors (Lipinski definition) is 0. The van der Waals surface area contributed by atoms with Gasteiger partial charge in [0.2, 0.25) is 5.91 Å². The topological polar surface area (TPSA) is 29.5 Å². The summed E-state index contributed by atoms with van der Waals surface area (Å²) in [5.74, 6) is 1.09. The normalized spacial score (nSPS) is 12.6. The van der Waals surface area contributed by atoms with E-state index in [0.29, 0.717) is 13.0 Å². The van der Waals surface area contributed by atoms with E-state index in [1.165, 1.54) is 5.56 Å². The molecule has 3 nitrogen and oxygen atoms in total. The van der Waals surface area contributed by atoms with E-state index >= 15 is 0 Å². The fraction of sp³-hybridized carbons (Fsp3) is 0.278. The second kappa shape index (κ2) is 6.00. The molecule has 1 amide bonds. The van der Waals surface area contributed by atoms with Gasteiger partial charge >= 0.3 is 0 Å². The third-order valence-corrected chi connectivity index (χ3v) is 3.79. The Morgan fingerprint density at radius 3 is 2.76 bits per heavy atom. The van der Waals surface area contributed by atoms with Gasteiger partial charge in [-0.05, 0) is 36.2 Å². The van der Waals surface area contributed by atoms with Crippen molar-refractivity contribution in [3.8, 4) is 5.75 Å². The number of amides is 1. The van der Waals surface area contributed by atoms with Gasteiger partial charge in [0, 0.05) is 18.7 Å². The second-order valence-corrected chi connectivity index (χ2v) is 5.19. The number of anilines is 1. The molecule has 0 radical (unpaired) electrons. The van der Waals surface area contributed by atoms with E-state index in [1.807, 2.05) is 54.3 Å². The number of carbonyl (C=O) groups excluding carboxylic acids is 1. The van der Waals surface area contributed by atoms with Crippen LogP contribution in [-0.2, 0) is 17.6 Å². The quantitative estimate of drug-likeness (QED) is 0.861. The average Bonchev–Trinajstić information content (AvgIpc) is 2.96. The number of para-hydroxylation sites is 1. The van der Waals surface area contributed by atoms with Crippen molar-refractivity contribution < 1.29 is 9.53 Å². The molecule has 21 heavy (non-hydrogen) atoms. The monoisotopic (exact) mass is 281 g/mol. The number of likely N-dealkylation sites (N-methyl/N-ethyl adjacent to an activating group) is 1. The van der Waals surface area contributed by atoms with Crippen LogP contribution in [0.3, 0.4) is 0 Å². The lowest BCUT2D eigenvalue weighted by molar-refractivity contribution is -0.117. The predicted molar refractivity (Wildman–Crippen MR) is 83.8 cm³/mol. The molecule has 3 rings (SSSR count). The molecule has 0 bridgehead atoms. The van der Waals surface area contributed by atoms with E-state index < -0.39 is 0 Å². The maximum absolute atomic E-state index is 12.5. The highest BCUT2D eigenvalue weighted by atomic mass is 16.5. The molecule has 2 aromatic rings. The van der Waals surface area contributed by atoms with Crippen molar-refractivity contribution in [2.45, 2.75) is 19.8 Å². The molecular weight excluding hydrogens is 262 g/mol. The van der Waals surface area contributed by atoms with Crippen LogP contribution in [0.2, 0.25) is 0 Å². The van der Waals surface area contributed by atoms with Gasteiger partial charge in [-0.2, -0.15) is 0 Å². The number of hydrogen-bond acceptors (Lipinski definition) is 2. The Balaban J connectivity index is 1.76. The highest BCUT2D eigenvalue weighted by molar-refractivity contribution is 5.94. The van der Waals surface area contributed by atoms with E-state index in [1.54, 1.807) is 0 Å². The van der Waals surface area contributed by atoms with E-state index in [0.717, 1.165) is 30.0 Å². The van der Waals surface area contributed by atoms with Crippen molar-refractivity contribution in [2.24, 2.45) is 0 Å². The molecule has 0 atom stereocenters. The fourth-order valence-corrected chi connectivity index (χ4v) is 2.73. The van der Waals surface area contributed by atoms with Crippen LogP contribution >= 0.6 is 0 Å². The van der Waals surface area contributed by atoms with Crippen LogP contribution in [0.25, 0.3) is 0 Å². The van der Waals surface area contributed by atoms with E-state index in [4.69, 9.17) is 4.74 Å². The standard InChI is InChI=1S/C18H19NO2/c1-2-19(16-6-4-3-5-7-16)18(20)13-14-8-9-17-15(12-14)10-11-21-17/h3-9,12H,2,10-11,13H2,1H3. The Hall–Kier alpha value is -2.29. The molecule has 0 N–H and O–H groups in total. The number of rotatable bonds is 4. The molecule has 0 spiro atoms. The van der Waals surface area contributed by atoms with Crippen LogP contribution in [0.1, 0.15) is 18.1 Å². The molecule has 0 saturated heterocycles. The zero-order valence-electron chi connectivity index (χ0n) is 12.2. The first-order chi connectivity index (χ1) is 10.3. The van der Waals surface area contributed by atoms with Crippen LogP contribution in [0.4, 0.5) is 5.69 Å². The number of nitrogens with zero attached hydrogens (tertiary/aromatic N) is 1. The zero-order valence-corrected chi connectivity index (χ0v) is 12.2. The minimum Gasteiger partial charge on any atom is -0.493 e. The predicted octanol–water partition coefficient (Wildman–Crippen LogP) is 3.22. The van der Waals surface area contributed by atoms with Gasteiger partial charge in [-0.3, -0.25) is 4.79 Å². The SMILES string of the molecule is CCN(C(=O)Cc1ccc2c(c1)CCO2)c1ccccc1. The summed E-state index contributed by atoms with van der Waals surface area (Å²) < 4.78 is 5.50. The van der Waals surface area contributed by atoms with Gasteiger partial charge in [0.25, 0.3) is 0 Å². The first-order valence-electron chi connectivity index (χ1n) is 7.38. The van der Waals surface area contributed by atoms with Gasteiger partial charge in [0.1, 0.15) is 5.75 Å². The summed E-state index contributed by atoms with van der Waals surface area (Å²) in [6.07, 6.45) is 1.36. The number of benzene rings is 2. The smallest absolute Gasteiger partial charge is 0.231 e. The first kappa shape index (κ1) is 13.7. The Labute approximate surface area is 125 Å². The molecule has 108 valence electrons. The molecule has 1 heterocycles. The lowest BCUT2D eigenvalue weighted by Crippen LogP contribution is -2.31.